The smallest absolute Gasteiger partial charge is 0.416 e. The van der Waals surface area contributed by atoms with Gasteiger partial charge in [0, 0.05) is 15.9 Å². The van der Waals surface area contributed by atoms with Gasteiger partial charge in [0.05, 0.1) is 17.2 Å². The largest absolute Gasteiger partial charge is 0.478 e. The van der Waals surface area contributed by atoms with E-state index in [1.807, 2.05) is 24.3 Å². The van der Waals surface area contributed by atoms with Gasteiger partial charge in [0.1, 0.15) is 0 Å². The quantitative estimate of drug-likeness (QED) is 0.375. The third kappa shape index (κ3) is 5.68. The monoisotopic (exact) mass is 541 g/mol. The summed E-state index contributed by atoms with van der Waals surface area (Å²) >= 11 is 3.50. The van der Waals surface area contributed by atoms with E-state index in [0.717, 1.165) is 34.8 Å². The Kier molecular flexibility index (Phi) is 7.17. The summed E-state index contributed by atoms with van der Waals surface area (Å²) in [6, 6.07) is 10.1. The summed E-state index contributed by atoms with van der Waals surface area (Å²) in [4.78, 5) is 13.6. The van der Waals surface area contributed by atoms with Gasteiger partial charge in [0.2, 0.25) is 0 Å². The van der Waals surface area contributed by atoms with Crippen molar-refractivity contribution < 1.29 is 23.1 Å². The van der Waals surface area contributed by atoms with Gasteiger partial charge in [-0.15, -0.1) is 6.58 Å². The first-order valence-corrected chi connectivity index (χ1v) is 11.8. The molecule has 2 aliphatic rings. The van der Waals surface area contributed by atoms with Gasteiger partial charge in [-0.05, 0) is 66.3 Å². The normalized spacial score (nSPS) is 19.7. The van der Waals surface area contributed by atoms with E-state index in [0.29, 0.717) is 11.6 Å². The first kappa shape index (κ1) is 24.8. The van der Waals surface area contributed by atoms with Crippen LogP contribution in [0.25, 0.3) is 11.1 Å². The molecule has 0 bridgehead atoms. The zero-order valence-electron chi connectivity index (χ0n) is 18.7. The lowest BCUT2D eigenvalue weighted by Crippen LogP contribution is -2.33. The summed E-state index contributed by atoms with van der Waals surface area (Å²) in [7, 11) is 0. The Labute approximate surface area is 210 Å². The van der Waals surface area contributed by atoms with Crippen molar-refractivity contribution in [2.45, 2.75) is 25.1 Å². The van der Waals surface area contributed by atoms with Crippen LogP contribution in [0.3, 0.4) is 0 Å². The molecule has 0 aliphatic heterocycles. The van der Waals surface area contributed by atoms with Crippen LogP contribution in [0.2, 0.25) is 0 Å². The molecule has 2 aromatic rings. The van der Waals surface area contributed by atoms with Crippen molar-refractivity contribution in [2.75, 3.05) is 4.90 Å². The fraction of sp³-hybridized carbons (Fsp3) is 0.179. The molecule has 7 heteroatoms. The van der Waals surface area contributed by atoms with Crippen molar-refractivity contribution in [3.63, 3.8) is 0 Å². The molecule has 0 spiro atoms. The second-order valence-corrected chi connectivity index (χ2v) is 9.31. The Morgan fingerprint density at radius 2 is 1.77 bits per heavy atom. The molecule has 0 fully saturated rings. The first-order valence-electron chi connectivity index (χ1n) is 11.1. The fourth-order valence-electron chi connectivity index (χ4n) is 4.18. The van der Waals surface area contributed by atoms with Crippen LogP contribution in [-0.2, 0) is 6.18 Å². The molecule has 2 unspecified atom stereocenters. The average Bonchev–Trinajstić information content (AvgIpc) is 2.85. The Hall–Kier alpha value is -3.32. The summed E-state index contributed by atoms with van der Waals surface area (Å²) in [5.41, 5.74) is 1.23. The Bertz CT molecular complexity index is 1260. The minimum Gasteiger partial charge on any atom is -0.478 e. The minimum absolute atomic E-state index is 0.0606. The molecular formula is C28H23BrF3NO2. The van der Waals surface area contributed by atoms with E-state index < -0.39 is 23.3 Å². The molecule has 4 rings (SSSR count). The van der Waals surface area contributed by atoms with E-state index in [-0.39, 0.29) is 17.5 Å². The molecular weight excluding hydrogens is 519 g/mol. The molecule has 0 heterocycles. The summed E-state index contributed by atoms with van der Waals surface area (Å²) in [5.74, 6) is -1.12. The number of carboxylic acid groups (broad SMARTS) is 1. The molecule has 0 amide bonds. The van der Waals surface area contributed by atoms with Gasteiger partial charge in [-0.1, -0.05) is 64.5 Å². The van der Waals surface area contributed by atoms with Gasteiger partial charge in [0.25, 0.3) is 0 Å². The molecule has 35 heavy (non-hydrogen) atoms. The molecule has 1 N–H and O–H groups in total. The van der Waals surface area contributed by atoms with Gasteiger partial charge in [0.15, 0.2) is 0 Å². The lowest BCUT2D eigenvalue weighted by molar-refractivity contribution is -0.137. The van der Waals surface area contributed by atoms with Crippen molar-refractivity contribution in [1.29, 1.82) is 0 Å². The lowest BCUT2D eigenvalue weighted by atomic mass is 9.96. The highest BCUT2D eigenvalue weighted by Gasteiger charge is 2.32. The standard InChI is InChI=1S/C28H23BrF3NO2/c1-2-18-3-9-24(10-4-18)33(26-13-7-23(29)8-14-26)25-11-5-19(6-12-25)20-15-21(27(34)35)17-22(16-20)28(30,31)32/h2-3,5-13,15-18,26H,1,4,14H2,(H,34,35). The number of nitrogens with zero attached hydrogens (tertiary/aromatic N) is 1. The maximum atomic E-state index is 13.4. The molecule has 3 nitrogen and oxygen atoms in total. The van der Waals surface area contributed by atoms with Crippen molar-refractivity contribution in [3.8, 4) is 11.1 Å². The number of halogens is 4. The van der Waals surface area contributed by atoms with Crippen LogP contribution in [0.1, 0.15) is 28.8 Å². The van der Waals surface area contributed by atoms with Crippen LogP contribution in [0.5, 0.6) is 0 Å². The number of rotatable bonds is 6. The predicted octanol–water partition coefficient (Wildman–Crippen LogP) is 8.13. The second kappa shape index (κ2) is 10.1. The molecule has 2 aliphatic carbocycles. The number of hydrogen-bond acceptors (Lipinski definition) is 2. The maximum Gasteiger partial charge on any atom is 0.416 e. The molecule has 0 radical (unpaired) electrons. The number of alkyl halides is 3. The molecule has 0 saturated heterocycles. The van der Waals surface area contributed by atoms with Crippen LogP contribution in [-0.4, -0.2) is 17.1 Å². The van der Waals surface area contributed by atoms with Crippen LogP contribution >= 0.6 is 15.9 Å². The Morgan fingerprint density at radius 3 is 2.31 bits per heavy atom. The van der Waals surface area contributed by atoms with E-state index >= 15 is 0 Å². The van der Waals surface area contributed by atoms with Crippen molar-refractivity contribution in [2.24, 2.45) is 5.92 Å². The third-order valence-electron chi connectivity index (χ3n) is 6.04. The van der Waals surface area contributed by atoms with Crippen LogP contribution < -0.4 is 4.90 Å². The van der Waals surface area contributed by atoms with Gasteiger partial charge in [-0.25, -0.2) is 4.79 Å². The number of hydrogen-bond donors (Lipinski definition) is 1. The number of carbonyl (C=O) groups is 1. The van der Waals surface area contributed by atoms with Crippen molar-refractivity contribution in [3.05, 3.63) is 113 Å². The summed E-state index contributed by atoms with van der Waals surface area (Å²) < 4.78 is 41.1. The van der Waals surface area contributed by atoms with Gasteiger partial charge < -0.3 is 10.0 Å². The zero-order chi connectivity index (χ0) is 25.2. The van der Waals surface area contributed by atoms with E-state index in [4.69, 9.17) is 0 Å². The van der Waals surface area contributed by atoms with E-state index in [2.05, 4.69) is 57.8 Å². The highest BCUT2D eigenvalue weighted by molar-refractivity contribution is 9.11. The van der Waals surface area contributed by atoms with Crippen molar-refractivity contribution in [1.82, 2.24) is 0 Å². The summed E-state index contributed by atoms with van der Waals surface area (Å²) in [6.45, 7) is 3.86. The van der Waals surface area contributed by atoms with Gasteiger partial charge in [-0.2, -0.15) is 13.2 Å². The van der Waals surface area contributed by atoms with E-state index in [1.165, 1.54) is 6.07 Å². The number of carboxylic acids is 1. The lowest BCUT2D eigenvalue weighted by Gasteiger charge is -2.35. The fourth-order valence-corrected chi connectivity index (χ4v) is 4.52. The molecule has 0 aromatic heterocycles. The maximum absolute atomic E-state index is 13.4. The summed E-state index contributed by atoms with van der Waals surface area (Å²) in [5, 5.41) is 9.30. The first-order chi connectivity index (χ1) is 16.7. The highest BCUT2D eigenvalue weighted by atomic mass is 79.9. The Morgan fingerprint density at radius 1 is 1.03 bits per heavy atom. The number of aromatic carboxylic acids is 1. The highest BCUT2D eigenvalue weighted by Crippen LogP contribution is 2.36. The second-order valence-electron chi connectivity index (χ2n) is 8.39. The van der Waals surface area contributed by atoms with Crippen LogP contribution in [0.15, 0.2) is 102 Å². The third-order valence-corrected chi connectivity index (χ3v) is 6.63. The molecule has 180 valence electrons. The molecule has 2 aromatic carbocycles. The topological polar surface area (TPSA) is 40.5 Å². The number of anilines is 1. The number of allylic oxidation sites excluding steroid dienone is 6. The van der Waals surface area contributed by atoms with E-state index in [1.54, 1.807) is 12.1 Å². The summed E-state index contributed by atoms with van der Waals surface area (Å²) in [6.07, 6.45) is 11.4. The predicted molar refractivity (Wildman–Crippen MR) is 136 cm³/mol. The van der Waals surface area contributed by atoms with Gasteiger partial charge >= 0.3 is 12.1 Å². The Balaban J connectivity index is 1.71. The zero-order valence-corrected chi connectivity index (χ0v) is 20.3. The SMILES string of the molecule is C=CC1C=CC(N(c2ccc(-c3cc(C(=O)O)cc(C(F)(F)F)c3)cc2)C2C=CC(Br)=CC2)=CC1. The van der Waals surface area contributed by atoms with Gasteiger partial charge in [-0.3, -0.25) is 0 Å². The number of benzene rings is 2. The molecule has 2 atom stereocenters. The van der Waals surface area contributed by atoms with E-state index in [9.17, 15) is 23.1 Å². The minimum atomic E-state index is -4.64. The van der Waals surface area contributed by atoms with Crippen LogP contribution in [0, 0.1) is 5.92 Å². The van der Waals surface area contributed by atoms with Crippen molar-refractivity contribution >= 4 is 27.6 Å². The molecule has 0 saturated carbocycles. The van der Waals surface area contributed by atoms with Crippen LogP contribution in [0.4, 0.5) is 18.9 Å². The average molecular weight is 542 g/mol.